The van der Waals surface area contributed by atoms with E-state index in [0.717, 1.165) is 17.8 Å². The van der Waals surface area contributed by atoms with E-state index in [1.54, 1.807) is 0 Å². The molecule has 0 radical (unpaired) electrons. The molecule has 4 unspecified atom stereocenters. The maximum Gasteiger partial charge on any atom is -0.0181 e. The molecule has 1 aliphatic carbocycles. The van der Waals surface area contributed by atoms with Gasteiger partial charge >= 0.3 is 0 Å². The summed E-state index contributed by atoms with van der Waals surface area (Å²) in [6, 6.07) is 0. The fourth-order valence-corrected chi connectivity index (χ4v) is 4.77. The lowest BCUT2D eigenvalue weighted by Gasteiger charge is -2.31. The number of hydrogen-bond acceptors (Lipinski definition) is 0. The zero-order chi connectivity index (χ0) is 18.7. The second-order valence-corrected chi connectivity index (χ2v) is 8.40. The Hall–Kier alpha value is -0.780. The first-order valence-electron chi connectivity index (χ1n) is 11.0. The van der Waals surface area contributed by atoms with E-state index in [0.29, 0.717) is 5.41 Å². The van der Waals surface area contributed by atoms with Gasteiger partial charge in [0.05, 0.1) is 0 Å². The Kier molecular flexibility index (Phi) is 10.5. The molecule has 0 aliphatic heterocycles. The molecule has 1 aliphatic rings. The van der Waals surface area contributed by atoms with Gasteiger partial charge in [0.25, 0.3) is 0 Å². The predicted octanol–water partition coefficient (Wildman–Crippen LogP) is 8.50. The van der Waals surface area contributed by atoms with E-state index in [9.17, 15) is 0 Å². The maximum atomic E-state index is 2.54. The zero-order valence-electron chi connectivity index (χ0n) is 18.0. The third-order valence-electron chi connectivity index (χ3n) is 6.69. The van der Waals surface area contributed by atoms with Crippen LogP contribution in [0.3, 0.4) is 0 Å². The minimum Gasteiger partial charge on any atom is -0.0887 e. The summed E-state index contributed by atoms with van der Waals surface area (Å²) in [6.45, 7) is 14.0. The van der Waals surface area contributed by atoms with Crippen molar-refractivity contribution in [2.45, 2.75) is 99.3 Å². The predicted molar refractivity (Wildman–Crippen MR) is 115 cm³/mol. The molecule has 0 heterocycles. The van der Waals surface area contributed by atoms with Crippen LogP contribution in [0.1, 0.15) is 99.3 Å². The van der Waals surface area contributed by atoms with Crippen molar-refractivity contribution in [1.82, 2.24) is 0 Å². The zero-order valence-corrected chi connectivity index (χ0v) is 18.0. The molecule has 1 fully saturated rings. The fraction of sp³-hybridized carbons (Fsp3) is 0.760. The Morgan fingerprint density at radius 3 is 2.32 bits per heavy atom. The highest BCUT2D eigenvalue weighted by Crippen LogP contribution is 2.64. The quantitative estimate of drug-likeness (QED) is 0.232. The van der Waals surface area contributed by atoms with E-state index in [2.05, 4.69) is 71.9 Å². The van der Waals surface area contributed by atoms with Gasteiger partial charge in [0.1, 0.15) is 0 Å². The van der Waals surface area contributed by atoms with Gasteiger partial charge in [-0.1, -0.05) is 82.9 Å². The normalized spacial score (nSPS) is 26.5. The molecular formula is C25H44. The topological polar surface area (TPSA) is 0 Å². The molecule has 0 aromatic rings. The standard InChI is InChI=1S/C25H44/c1-7-17-24(9-3)25(20-23(25)6)22(5)19-16-14-12-10-11-13-15-18-21(4)8-2/h8,11,13,16,19,22-24H,7,9-10,12,14-15,17-18,20H2,1-6H3. The Labute approximate surface area is 158 Å². The highest BCUT2D eigenvalue weighted by Gasteiger charge is 2.57. The molecule has 0 amide bonds. The van der Waals surface area contributed by atoms with Crippen molar-refractivity contribution in [2.75, 3.05) is 0 Å². The van der Waals surface area contributed by atoms with Crippen molar-refractivity contribution in [2.24, 2.45) is 23.2 Å². The number of hydrogen-bond donors (Lipinski definition) is 0. The van der Waals surface area contributed by atoms with Crippen molar-refractivity contribution < 1.29 is 0 Å². The minimum absolute atomic E-state index is 0.617. The molecule has 0 heteroatoms. The van der Waals surface area contributed by atoms with Crippen LogP contribution in [0.15, 0.2) is 36.0 Å². The number of unbranched alkanes of at least 4 members (excludes halogenated alkanes) is 2. The number of allylic oxidation sites excluding steroid dienone is 6. The molecule has 4 atom stereocenters. The molecule has 0 aromatic carbocycles. The van der Waals surface area contributed by atoms with Crippen LogP contribution in [-0.2, 0) is 0 Å². The molecule has 0 nitrogen and oxygen atoms in total. The van der Waals surface area contributed by atoms with Crippen LogP contribution in [0.5, 0.6) is 0 Å². The third-order valence-corrected chi connectivity index (χ3v) is 6.69. The van der Waals surface area contributed by atoms with Gasteiger partial charge in [-0.15, -0.1) is 0 Å². The summed E-state index contributed by atoms with van der Waals surface area (Å²) in [7, 11) is 0. The molecule has 1 saturated carbocycles. The van der Waals surface area contributed by atoms with Crippen LogP contribution < -0.4 is 0 Å². The van der Waals surface area contributed by atoms with Gasteiger partial charge in [-0.05, 0) is 75.5 Å². The summed E-state index contributed by atoms with van der Waals surface area (Å²) < 4.78 is 0. The smallest absolute Gasteiger partial charge is 0.0181 e. The Morgan fingerprint density at radius 2 is 1.76 bits per heavy atom. The minimum atomic E-state index is 0.617. The van der Waals surface area contributed by atoms with E-state index < -0.39 is 0 Å². The van der Waals surface area contributed by atoms with Gasteiger partial charge < -0.3 is 0 Å². The van der Waals surface area contributed by atoms with Crippen LogP contribution >= 0.6 is 0 Å². The van der Waals surface area contributed by atoms with Gasteiger partial charge in [0.2, 0.25) is 0 Å². The highest BCUT2D eigenvalue weighted by molar-refractivity contribution is 5.11. The first kappa shape index (κ1) is 22.3. The van der Waals surface area contributed by atoms with Crippen LogP contribution in [0.4, 0.5) is 0 Å². The summed E-state index contributed by atoms with van der Waals surface area (Å²) in [5.41, 5.74) is 2.12. The van der Waals surface area contributed by atoms with Crippen LogP contribution in [0, 0.1) is 23.2 Å². The highest BCUT2D eigenvalue weighted by atomic mass is 14.6. The van der Waals surface area contributed by atoms with E-state index in [1.165, 1.54) is 63.4 Å². The van der Waals surface area contributed by atoms with Crippen LogP contribution in [0.25, 0.3) is 0 Å². The summed E-state index contributed by atoms with van der Waals surface area (Å²) >= 11 is 0. The van der Waals surface area contributed by atoms with Gasteiger partial charge in [0, 0.05) is 0 Å². The van der Waals surface area contributed by atoms with Crippen molar-refractivity contribution >= 4 is 0 Å². The first-order chi connectivity index (χ1) is 12.0. The summed E-state index contributed by atoms with van der Waals surface area (Å²) in [4.78, 5) is 0. The average Bonchev–Trinajstić information content (AvgIpc) is 3.29. The van der Waals surface area contributed by atoms with Gasteiger partial charge in [-0.25, -0.2) is 0 Å². The van der Waals surface area contributed by atoms with Crippen LogP contribution in [0.2, 0.25) is 0 Å². The maximum absolute atomic E-state index is 2.54. The lowest BCUT2D eigenvalue weighted by molar-refractivity contribution is 0.203. The van der Waals surface area contributed by atoms with Crippen molar-refractivity contribution in [3.05, 3.63) is 36.0 Å². The molecule has 0 aromatic heterocycles. The second-order valence-electron chi connectivity index (χ2n) is 8.40. The van der Waals surface area contributed by atoms with E-state index in [-0.39, 0.29) is 0 Å². The monoisotopic (exact) mass is 344 g/mol. The van der Waals surface area contributed by atoms with Crippen molar-refractivity contribution in [1.29, 1.82) is 0 Å². The summed E-state index contributed by atoms with van der Waals surface area (Å²) in [5.74, 6) is 2.60. The van der Waals surface area contributed by atoms with E-state index >= 15 is 0 Å². The third kappa shape index (κ3) is 6.80. The van der Waals surface area contributed by atoms with Crippen LogP contribution in [-0.4, -0.2) is 0 Å². The Bertz CT molecular complexity index is 439. The second kappa shape index (κ2) is 11.8. The van der Waals surface area contributed by atoms with Gasteiger partial charge in [-0.2, -0.15) is 0 Å². The van der Waals surface area contributed by atoms with Gasteiger partial charge in [-0.3, -0.25) is 0 Å². The molecule has 0 spiro atoms. The Morgan fingerprint density at radius 1 is 1.12 bits per heavy atom. The fourth-order valence-electron chi connectivity index (χ4n) is 4.77. The lowest BCUT2D eigenvalue weighted by atomic mass is 9.73. The molecule has 1 rings (SSSR count). The lowest BCUT2D eigenvalue weighted by Crippen LogP contribution is -2.24. The first-order valence-corrected chi connectivity index (χ1v) is 11.0. The molecule has 0 bridgehead atoms. The average molecular weight is 345 g/mol. The molecule has 25 heavy (non-hydrogen) atoms. The SMILES string of the molecule is CC=C(C)CCC=CCCCC=CC(C)C1(C(CC)CCC)CC1C. The number of rotatable bonds is 13. The molecular weight excluding hydrogens is 300 g/mol. The summed E-state index contributed by atoms with van der Waals surface area (Å²) in [6.07, 6.45) is 23.7. The Balaban J connectivity index is 2.30. The van der Waals surface area contributed by atoms with Crippen molar-refractivity contribution in [3.63, 3.8) is 0 Å². The van der Waals surface area contributed by atoms with E-state index in [4.69, 9.17) is 0 Å². The van der Waals surface area contributed by atoms with Gasteiger partial charge in [0.15, 0.2) is 0 Å². The summed E-state index contributed by atoms with van der Waals surface area (Å²) in [5, 5.41) is 0. The van der Waals surface area contributed by atoms with E-state index in [1.807, 2.05) is 0 Å². The molecule has 144 valence electrons. The van der Waals surface area contributed by atoms with Crippen molar-refractivity contribution in [3.8, 4) is 0 Å². The molecule has 0 saturated heterocycles. The molecule has 0 N–H and O–H groups in total. The largest absolute Gasteiger partial charge is 0.0887 e.